The van der Waals surface area contributed by atoms with Crippen LogP contribution in [0.2, 0.25) is 5.02 Å². The van der Waals surface area contributed by atoms with Crippen LogP contribution in [0.5, 0.6) is 5.75 Å². The number of ether oxygens (including phenoxy) is 1. The summed E-state index contributed by atoms with van der Waals surface area (Å²) in [5.74, 6) is 0.554. The van der Waals surface area contributed by atoms with E-state index >= 15 is 0 Å². The second-order valence-electron chi connectivity index (χ2n) is 4.12. The number of halogens is 1. The molecule has 0 spiro atoms. The molecule has 0 heterocycles. The molecule has 1 rings (SSSR count). The quantitative estimate of drug-likeness (QED) is 0.879. The Morgan fingerprint density at radius 2 is 2.18 bits per heavy atom. The third-order valence-electron chi connectivity index (χ3n) is 2.22. The second-order valence-corrected chi connectivity index (χ2v) is 4.52. The molecule has 1 N–H and O–H groups in total. The highest BCUT2D eigenvalue weighted by Gasteiger charge is 2.05. The fourth-order valence-corrected chi connectivity index (χ4v) is 1.68. The summed E-state index contributed by atoms with van der Waals surface area (Å²) in [6.07, 6.45) is 0.841. The van der Waals surface area contributed by atoms with Gasteiger partial charge < -0.3 is 10.1 Å². The van der Waals surface area contributed by atoms with Gasteiger partial charge in [-0.25, -0.2) is 0 Å². The second kappa shape index (κ2) is 6.50. The number of benzene rings is 1. The van der Waals surface area contributed by atoms with Gasteiger partial charge in [-0.3, -0.25) is 4.79 Å². The Balaban J connectivity index is 2.55. The molecule has 0 saturated carbocycles. The molecule has 0 radical (unpaired) electrons. The first kappa shape index (κ1) is 13.8. The van der Waals surface area contributed by atoms with Crippen molar-refractivity contribution in [1.29, 1.82) is 0 Å². The van der Waals surface area contributed by atoms with Gasteiger partial charge in [-0.2, -0.15) is 0 Å². The number of hydrogen-bond acceptors (Lipinski definition) is 2. The number of amides is 1. The normalized spacial score (nSPS) is 10.4. The molecule has 0 aliphatic carbocycles. The van der Waals surface area contributed by atoms with Gasteiger partial charge in [-0.1, -0.05) is 18.5 Å². The summed E-state index contributed by atoms with van der Waals surface area (Å²) in [6, 6.07) is 5.55. The average molecular weight is 256 g/mol. The third kappa shape index (κ3) is 4.65. The average Bonchev–Trinajstić information content (AvgIpc) is 2.27. The molecular weight excluding hydrogens is 238 g/mol. The number of aryl methyl sites for hydroxylation is 1. The van der Waals surface area contributed by atoms with E-state index in [0.29, 0.717) is 5.75 Å². The first-order valence-corrected chi connectivity index (χ1v) is 6.11. The Bertz CT molecular complexity index is 391. The van der Waals surface area contributed by atoms with Crippen LogP contribution in [0.3, 0.4) is 0 Å². The van der Waals surface area contributed by atoms with Crippen LogP contribution < -0.4 is 10.1 Å². The maximum atomic E-state index is 11.4. The van der Waals surface area contributed by atoms with Gasteiger partial charge in [0.25, 0.3) is 5.91 Å². The van der Waals surface area contributed by atoms with E-state index in [1.165, 1.54) is 0 Å². The maximum Gasteiger partial charge on any atom is 0.258 e. The van der Waals surface area contributed by atoms with Crippen LogP contribution in [-0.2, 0) is 11.2 Å². The SMILES string of the molecule is CCc1cc(OCC(=O)NC(C)C)ccc1Cl. The van der Waals surface area contributed by atoms with Gasteiger partial charge in [0.05, 0.1) is 0 Å². The lowest BCUT2D eigenvalue weighted by atomic mass is 10.1. The van der Waals surface area contributed by atoms with E-state index in [4.69, 9.17) is 16.3 Å². The van der Waals surface area contributed by atoms with Crippen molar-refractivity contribution in [2.24, 2.45) is 0 Å². The molecule has 3 nitrogen and oxygen atoms in total. The standard InChI is InChI=1S/C13H18ClNO2/c1-4-10-7-11(5-6-12(10)14)17-8-13(16)15-9(2)3/h5-7,9H,4,8H2,1-3H3,(H,15,16). The zero-order valence-electron chi connectivity index (χ0n) is 10.4. The largest absolute Gasteiger partial charge is 0.484 e. The predicted molar refractivity (Wildman–Crippen MR) is 69.6 cm³/mol. The number of carbonyl (C=O) groups excluding carboxylic acids is 1. The van der Waals surface area contributed by atoms with Crippen molar-refractivity contribution in [2.45, 2.75) is 33.2 Å². The molecule has 4 heteroatoms. The van der Waals surface area contributed by atoms with Crippen LogP contribution >= 0.6 is 11.6 Å². The Kier molecular flexibility index (Phi) is 5.29. The number of hydrogen-bond donors (Lipinski definition) is 1. The van der Waals surface area contributed by atoms with Gasteiger partial charge in [-0.05, 0) is 44.0 Å². The van der Waals surface area contributed by atoms with E-state index in [0.717, 1.165) is 17.0 Å². The zero-order valence-corrected chi connectivity index (χ0v) is 11.2. The molecule has 17 heavy (non-hydrogen) atoms. The van der Waals surface area contributed by atoms with E-state index < -0.39 is 0 Å². The fourth-order valence-electron chi connectivity index (χ4n) is 1.42. The van der Waals surface area contributed by atoms with Crippen LogP contribution in [0.1, 0.15) is 26.3 Å². The minimum Gasteiger partial charge on any atom is -0.484 e. The molecule has 0 atom stereocenters. The van der Waals surface area contributed by atoms with Crippen molar-refractivity contribution < 1.29 is 9.53 Å². The lowest BCUT2D eigenvalue weighted by molar-refractivity contribution is -0.123. The van der Waals surface area contributed by atoms with Crippen LogP contribution in [-0.4, -0.2) is 18.6 Å². The zero-order chi connectivity index (χ0) is 12.8. The van der Waals surface area contributed by atoms with Gasteiger partial charge in [0, 0.05) is 11.1 Å². The van der Waals surface area contributed by atoms with E-state index in [1.807, 2.05) is 26.8 Å². The highest BCUT2D eigenvalue weighted by Crippen LogP contribution is 2.22. The van der Waals surface area contributed by atoms with Crippen molar-refractivity contribution in [3.63, 3.8) is 0 Å². The smallest absolute Gasteiger partial charge is 0.258 e. The molecule has 0 saturated heterocycles. The molecule has 1 aromatic rings. The van der Waals surface area contributed by atoms with Gasteiger partial charge in [-0.15, -0.1) is 0 Å². The van der Waals surface area contributed by atoms with Crippen molar-refractivity contribution in [2.75, 3.05) is 6.61 Å². The molecule has 0 fully saturated rings. The molecular formula is C13H18ClNO2. The fraction of sp³-hybridized carbons (Fsp3) is 0.462. The Hall–Kier alpha value is -1.22. The topological polar surface area (TPSA) is 38.3 Å². The lowest BCUT2D eigenvalue weighted by Crippen LogP contribution is -2.34. The minimum atomic E-state index is -0.118. The predicted octanol–water partition coefficient (Wildman–Crippen LogP) is 2.81. The molecule has 1 amide bonds. The van der Waals surface area contributed by atoms with E-state index in [9.17, 15) is 4.79 Å². The van der Waals surface area contributed by atoms with E-state index in [-0.39, 0.29) is 18.6 Å². The highest BCUT2D eigenvalue weighted by molar-refractivity contribution is 6.31. The lowest BCUT2D eigenvalue weighted by Gasteiger charge is -2.10. The Labute approximate surface area is 107 Å². The van der Waals surface area contributed by atoms with Crippen LogP contribution in [0.25, 0.3) is 0 Å². The molecule has 0 aliphatic heterocycles. The van der Waals surface area contributed by atoms with Crippen LogP contribution in [0.15, 0.2) is 18.2 Å². The molecule has 0 aromatic heterocycles. The molecule has 0 bridgehead atoms. The van der Waals surface area contributed by atoms with Crippen molar-refractivity contribution >= 4 is 17.5 Å². The van der Waals surface area contributed by atoms with Crippen LogP contribution in [0.4, 0.5) is 0 Å². The van der Waals surface area contributed by atoms with Crippen molar-refractivity contribution in [3.05, 3.63) is 28.8 Å². The Morgan fingerprint density at radius 1 is 1.47 bits per heavy atom. The molecule has 94 valence electrons. The molecule has 1 aromatic carbocycles. The van der Waals surface area contributed by atoms with Gasteiger partial charge >= 0.3 is 0 Å². The summed E-state index contributed by atoms with van der Waals surface area (Å²) >= 11 is 5.99. The summed E-state index contributed by atoms with van der Waals surface area (Å²) in [6.45, 7) is 5.88. The maximum absolute atomic E-state index is 11.4. The van der Waals surface area contributed by atoms with Crippen molar-refractivity contribution in [1.82, 2.24) is 5.32 Å². The van der Waals surface area contributed by atoms with Gasteiger partial charge in [0.15, 0.2) is 6.61 Å². The third-order valence-corrected chi connectivity index (χ3v) is 2.59. The molecule has 0 unspecified atom stereocenters. The van der Waals surface area contributed by atoms with Crippen LogP contribution in [0, 0.1) is 0 Å². The summed E-state index contributed by atoms with van der Waals surface area (Å²) in [7, 11) is 0. The monoisotopic (exact) mass is 255 g/mol. The Morgan fingerprint density at radius 3 is 2.76 bits per heavy atom. The van der Waals surface area contributed by atoms with E-state index in [2.05, 4.69) is 5.32 Å². The summed E-state index contributed by atoms with van der Waals surface area (Å²) in [5.41, 5.74) is 1.02. The van der Waals surface area contributed by atoms with Gasteiger partial charge in [0.1, 0.15) is 5.75 Å². The number of rotatable bonds is 5. The summed E-state index contributed by atoms with van der Waals surface area (Å²) < 4.78 is 5.40. The summed E-state index contributed by atoms with van der Waals surface area (Å²) in [5, 5.41) is 3.49. The molecule has 0 aliphatic rings. The summed E-state index contributed by atoms with van der Waals surface area (Å²) in [4.78, 5) is 11.4. The first-order chi connectivity index (χ1) is 8.02. The van der Waals surface area contributed by atoms with Crippen molar-refractivity contribution in [3.8, 4) is 5.75 Å². The number of nitrogens with one attached hydrogen (secondary N) is 1. The van der Waals surface area contributed by atoms with E-state index in [1.54, 1.807) is 12.1 Å². The highest BCUT2D eigenvalue weighted by atomic mass is 35.5. The first-order valence-electron chi connectivity index (χ1n) is 5.73. The minimum absolute atomic E-state index is 0.0307. The van der Waals surface area contributed by atoms with Gasteiger partial charge in [0.2, 0.25) is 0 Å². The number of carbonyl (C=O) groups is 1.